The summed E-state index contributed by atoms with van der Waals surface area (Å²) in [6.45, 7) is 3.75. The van der Waals surface area contributed by atoms with Gasteiger partial charge < -0.3 is 19.9 Å². The Morgan fingerprint density at radius 3 is 2.53 bits per heavy atom. The molecular weight excluding hydrogens is 428 g/mol. The molecule has 0 saturated carbocycles. The number of sulfonamides is 1. The summed E-state index contributed by atoms with van der Waals surface area (Å²) in [4.78, 5) is 17.5. The van der Waals surface area contributed by atoms with E-state index in [1.165, 1.54) is 0 Å². The lowest BCUT2D eigenvalue weighted by atomic mass is 9.99. The molecule has 0 spiro atoms. The van der Waals surface area contributed by atoms with Crippen molar-refractivity contribution in [1.29, 1.82) is 0 Å². The molecule has 2 saturated heterocycles. The third-order valence-corrected chi connectivity index (χ3v) is 7.53. The van der Waals surface area contributed by atoms with Crippen LogP contribution in [0.5, 0.6) is 0 Å². The smallest absolute Gasteiger partial charge is 0.285 e. The topological polar surface area (TPSA) is 91.3 Å². The SMILES string of the molecule is O=C(Nc1ccc(N2CCOCC2)cc1)[C@@H]1CCCCN1C1=NS(=O)(=O)c2ccccc21. The average Bonchev–Trinajstić information content (AvgIpc) is 3.11. The molecule has 168 valence electrons. The van der Waals surface area contributed by atoms with Crippen LogP contribution in [0.4, 0.5) is 11.4 Å². The first-order valence-corrected chi connectivity index (χ1v) is 12.4. The Labute approximate surface area is 187 Å². The minimum atomic E-state index is -3.73. The molecule has 5 rings (SSSR count). The third-order valence-electron chi connectivity index (χ3n) is 6.20. The highest BCUT2D eigenvalue weighted by Gasteiger charge is 2.38. The van der Waals surface area contributed by atoms with Crippen LogP contribution in [-0.2, 0) is 19.6 Å². The number of amides is 1. The molecule has 0 bridgehead atoms. The van der Waals surface area contributed by atoms with Crippen molar-refractivity contribution < 1.29 is 17.9 Å². The lowest BCUT2D eigenvalue weighted by molar-refractivity contribution is -0.120. The number of amidine groups is 1. The standard InChI is InChI=1S/C23H26N4O4S/c28-23(24-17-8-10-18(11-9-17)26-13-15-31-16-14-26)20-6-3-4-12-27(20)22-19-5-1-2-7-21(19)32(29,30)25-22/h1-2,5,7-11,20H,3-4,6,12-16H2,(H,24,28)/t20-/m0/s1. The Morgan fingerprint density at radius 2 is 1.75 bits per heavy atom. The van der Waals surface area contributed by atoms with Crippen molar-refractivity contribution in [3.8, 4) is 0 Å². The van der Waals surface area contributed by atoms with Gasteiger partial charge in [0.1, 0.15) is 10.9 Å². The first kappa shape index (κ1) is 21.0. The van der Waals surface area contributed by atoms with Crippen molar-refractivity contribution in [2.45, 2.75) is 30.2 Å². The van der Waals surface area contributed by atoms with E-state index in [2.05, 4.69) is 14.6 Å². The number of piperidine rings is 1. The first-order chi connectivity index (χ1) is 15.5. The van der Waals surface area contributed by atoms with Gasteiger partial charge in [-0.1, -0.05) is 12.1 Å². The van der Waals surface area contributed by atoms with E-state index in [-0.39, 0.29) is 10.8 Å². The molecule has 2 aromatic carbocycles. The number of carbonyl (C=O) groups is 1. The number of hydrogen-bond donors (Lipinski definition) is 1. The second-order valence-electron chi connectivity index (χ2n) is 8.23. The zero-order valence-electron chi connectivity index (χ0n) is 17.7. The van der Waals surface area contributed by atoms with Crippen molar-refractivity contribution in [3.63, 3.8) is 0 Å². The number of nitrogens with zero attached hydrogens (tertiary/aromatic N) is 3. The van der Waals surface area contributed by atoms with Gasteiger partial charge >= 0.3 is 0 Å². The van der Waals surface area contributed by atoms with E-state index >= 15 is 0 Å². The van der Waals surface area contributed by atoms with Crippen molar-refractivity contribution in [1.82, 2.24) is 4.90 Å². The lowest BCUT2D eigenvalue weighted by Crippen LogP contribution is -2.50. The van der Waals surface area contributed by atoms with Crippen LogP contribution in [0.25, 0.3) is 0 Å². The Balaban J connectivity index is 1.34. The molecule has 1 amide bonds. The van der Waals surface area contributed by atoms with E-state index in [0.717, 1.165) is 50.5 Å². The van der Waals surface area contributed by atoms with Crippen LogP contribution in [0.3, 0.4) is 0 Å². The van der Waals surface area contributed by atoms with Gasteiger partial charge in [-0.3, -0.25) is 4.79 Å². The highest BCUT2D eigenvalue weighted by molar-refractivity contribution is 7.90. The fourth-order valence-corrected chi connectivity index (χ4v) is 5.77. The van der Waals surface area contributed by atoms with E-state index in [0.29, 0.717) is 24.4 Å². The van der Waals surface area contributed by atoms with Gasteiger partial charge in [0, 0.05) is 36.6 Å². The Morgan fingerprint density at radius 1 is 1.00 bits per heavy atom. The van der Waals surface area contributed by atoms with Crippen LogP contribution < -0.4 is 10.2 Å². The van der Waals surface area contributed by atoms with E-state index in [1.807, 2.05) is 29.2 Å². The van der Waals surface area contributed by atoms with Gasteiger partial charge in [0.2, 0.25) is 5.91 Å². The van der Waals surface area contributed by atoms with Gasteiger partial charge in [0.05, 0.1) is 13.2 Å². The van der Waals surface area contributed by atoms with Gasteiger partial charge in [-0.05, 0) is 55.7 Å². The van der Waals surface area contributed by atoms with Crippen molar-refractivity contribution in [2.24, 2.45) is 4.40 Å². The van der Waals surface area contributed by atoms with Crippen LogP contribution >= 0.6 is 0 Å². The van der Waals surface area contributed by atoms with Gasteiger partial charge in [0.15, 0.2) is 5.84 Å². The number of anilines is 2. The molecule has 1 N–H and O–H groups in total. The minimum absolute atomic E-state index is 0.145. The minimum Gasteiger partial charge on any atom is -0.378 e. The molecule has 0 radical (unpaired) electrons. The fourth-order valence-electron chi connectivity index (χ4n) is 4.56. The molecular formula is C23H26N4O4S. The summed E-state index contributed by atoms with van der Waals surface area (Å²) in [5.41, 5.74) is 2.40. The number of benzene rings is 2. The summed E-state index contributed by atoms with van der Waals surface area (Å²) in [6.07, 6.45) is 2.45. The summed E-state index contributed by atoms with van der Waals surface area (Å²) in [5, 5.41) is 3.01. The quantitative estimate of drug-likeness (QED) is 0.766. The van der Waals surface area contributed by atoms with Crippen LogP contribution in [0.15, 0.2) is 57.8 Å². The number of morpholine rings is 1. The number of likely N-dealkylation sites (tertiary alicyclic amines) is 1. The molecule has 8 nitrogen and oxygen atoms in total. The highest BCUT2D eigenvalue weighted by atomic mass is 32.2. The predicted molar refractivity (Wildman–Crippen MR) is 123 cm³/mol. The van der Waals surface area contributed by atoms with E-state index in [1.54, 1.807) is 24.3 Å². The van der Waals surface area contributed by atoms with E-state index in [4.69, 9.17) is 4.74 Å². The summed E-state index contributed by atoms with van der Waals surface area (Å²) in [6, 6.07) is 14.2. The predicted octanol–water partition coefficient (Wildman–Crippen LogP) is 2.47. The van der Waals surface area contributed by atoms with Crippen molar-refractivity contribution in [2.75, 3.05) is 43.1 Å². The molecule has 32 heavy (non-hydrogen) atoms. The molecule has 2 aromatic rings. The highest BCUT2D eigenvalue weighted by Crippen LogP contribution is 2.31. The zero-order valence-corrected chi connectivity index (χ0v) is 18.6. The molecule has 3 aliphatic heterocycles. The maximum absolute atomic E-state index is 13.2. The maximum atomic E-state index is 13.2. The molecule has 0 unspecified atom stereocenters. The number of ether oxygens (including phenoxy) is 1. The number of carbonyl (C=O) groups excluding carboxylic acids is 1. The Kier molecular flexibility index (Phi) is 5.60. The number of hydrogen-bond acceptors (Lipinski definition) is 6. The van der Waals surface area contributed by atoms with Gasteiger partial charge in [-0.15, -0.1) is 4.40 Å². The zero-order chi connectivity index (χ0) is 22.1. The van der Waals surface area contributed by atoms with Crippen LogP contribution in [0, 0.1) is 0 Å². The van der Waals surface area contributed by atoms with E-state index in [9.17, 15) is 13.2 Å². The van der Waals surface area contributed by atoms with Crippen LogP contribution in [0.2, 0.25) is 0 Å². The van der Waals surface area contributed by atoms with Crippen LogP contribution in [-0.4, -0.2) is 64.0 Å². The summed E-state index contributed by atoms with van der Waals surface area (Å²) in [5.74, 6) is 0.233. The molecule has 1 atom stereocenters. The van der Waals surface area contributed by atoms with E-state index < -0.39 is 16.1 Å². The molecule has 3 heterocycles. The Hall–Kier alpha value is -2.91. The monoisotopic (exact) mass is 454 g/mol. The van der Waals surface area contributed by atoms with Crippen molar-refractivity contribution >= 4 is 33.1 Å². The normalized spacial score (nSPS) is 22.2. The summed E-state index contributed by atoms with van der Waals surface area (Å²) in [7, 11) is -3.73. The van der Waals surface area contributed by atoms with Crippen molar-refractivity contribution in [3.05, 3.63) is 54.1 Å². The summed E-state index contributed by atoms with van der Waals surface area (Å²) < 4.78 is 34.5. The molecule has 3 aliphatic rings. The largest absolute Gasteiger partial charge is 0.378 e. The molecule has 9 heteroatoms. The van der Waals surface area contributed by atoms with Gasteiger partial charge in [-0.25, -0.2) is 0 Å². The summed E-state index contributed by atoms with van der Waals surface area (Å²) >= 11 is 0. The number of fused-ring (bicyclic) bond motifs is 1. The third kappa shape index (κ3) is 3.98. The Bertz CT molecular complexity index is 1140. The maximum Gasteiger partial charge on any atom is 0.285 e. The first-order valence-electron chi connectivity index (χ1n) is 11.0. The molecule has 0 aliphatic carbocycles. The average molecular weight is 455 g/mol. The second-order valence-corrected chi connectivity index (χ2v) is 9.80. The van der Waals surface area contributed by atoms with Crippen LogP contribution in [0.1, 0.15) is 24.8 Å². The number of rotatable bonds is 3. The molecule has 2 fully saturated rings. The van der Waals surface area contributed by atoms with Gasteiger partial charge in [-0.2, -0.15) is 8.42 Å². The molecule has 0 aromatic heterocycles. The fraction of sp³-hybridized carbons (Fsp3) is 0.391. The lowest BCUT2D eigenvalue weighted by Gasteiger charge is -2.36. The number of nitrogens with one attached hydrogen (secondary N) is 1. The van der Waals surface area contributed by atoms with Gasteiger partial charge in [0.25, 0.3) is 10.0 Å². The second kappa shape index (κ2) is 8.55.